The molecule has 0 saturated heterocycles. The van der Waals surface area contributed by atoms with Gasteiger partial charge in [0.25, 0.3) is 8.32 Å². The van der Waals surface area contributed by atoms with Crippen LogP contribution in [0.15, 0.2) is 54.6 Å². The molecule has 1 spiro atoms. The van der Waals surface area contributed by atoms with E-state index in [-0.39, 0.29) is 23.6 Å². The Morgan fingerprint density at radius 1 is 0.907 bits per heavy atom. The van der Waals surface area contributed by atoms with E-state index in [1.54, 1.807) is 11.7 Å². The number of para-hydroxylation sites is 1. The van der Waals surface area contributed by atoms with Crippen molar-refractivity contribution in [2.24, 2.45) is 0 Å². The van der Waals surface area contributed by atoms with Crippen LogP contribution in [0, 0.1) is 0 Å². The predicted molar refractivity (Wildman–Crippen MR) is 174 cm³/mol. The van der Waals surface area contributed by atoms with Crippen molar-refractivity contribution < 1.29 is 24.1 Å². The molecule has 3 aromatic rings. The molecule has 1 aromatic heterocycles. The molecule has 6 nitrogen and oxygen atoms in total. The van der Waals surface area contributed by atoms with Crippen molar-refractivity contribution in [3.8, 4) is 28.9 Å². The predicted octanol–water partition coefficient (Wildman–Crippen LogP) is 9.06. The van der Waals surface area contributed by atoms with Crippen molar-refractivity contribution in [2.75, 3.05) is 13.7 Å². The molecule has 1 fully saturated rings. The molecule has 6 rings (SSSR count). The van der Waals surface area contributed by atoms with E-state index in [1.165, 1.54) is 0 Å². The lowest BCUT2D eigenvalue weighted by atomic mass is 9.66. The highest BCUT2D eigenvalue weighted by atomic mass is 28.4. The maximum Gasteiger partial charge on any atom is 0.258 e. The molecule has 43 heavy (non-hydrogen) atoms. The molecule has 1 aliphatic heterocycles. The minimum atomic E-state index is -2.15. The van der Waals surface area contributed by atoms with Gasteiger partial charge in [0.1, 0.15) is 17.1 Å². The summed E-state index contributed by atoms with van der Waals surface area (Å²) >= 11 is 0. The van der Waals surface area contributed by atoms with E-state index in [9.17, 15) is 10.2 Å². The van der Waals surface area contributed by atoms with Crippen LogP contribution in [-0.4, -0.2) is 42.4 Å². The van der Waals surface area contributed by atoms with Crippen LogP contribution in [0.3, 0.4) is 0 Å². The summed E-state index contributed by atoms with van der Waals surface area (Å²) in [6, 6.07) is 15.9. The van der Waals surface area contributed by atoms with Crippen molar-refractivity contribution in [1.82, 2.24) is 4.57 Å². The molecule has 2 N–H and O–H groups in total. The van der Waals surface area contributed by atoms with Gasteiger partial charge in [-0.3, -0.25) is 4.57 Å². The maximum absolute atomic E-state index is 11.9. The molecule has 2 heterocycles. The number of ether oxygens (including phenoxy) is 2. The Kier molecular flexibility index (Phi) is 7.70. The van der Waals surface area contributed by atoms with Crippen molar-refractivity contribution in [3.05, 3.63) is 71.3 Å². The molecular weight excluding hydrogens is 554 g/mol. The Bertz CT molecular complexity index is 1490. The first-order chi connectivity index (χ1) is 20.6. The van der Waals surface area contributed by atoms with E-state index in [4.69, 9.17) is 13.9 Å². The lowest BCUT2D eigenvalue weighted by molar-refractivity contribution is 0.0538. The molecule has 0 bridgehead atoms. The molecule has 2 aliphatic carbocycles. The first kappa shape index (κ1) is 29.9. The second kappa shape index (κ2) is 11.1. The first-order valence-electron chi connectivity index (χ1n) is 16.0. The summed E-state index contributed by atoms with van der Waals surface area (Å²) in [6.45, 7) is 14.2. The summed E-state index contributed by atoms with van der Waals surface area (Å²) in [7, 11) is -0.467. The van der Waals surface area contributed by atoms with E-state index < -0.39 is 13.9 Å². The average Bonchev–Trinajstić information content (AvgIpc) is 3.53. The van der Waals surface area contributed by atoms with Gasteiger partial charge in [0, 0.05) is 35.8 Å². The van der Waals surface area contributed by atoms with E-state index in [0.29, 0.717) is 23.2 Å². The van der Waals surface area contributed by atoms with Crippen LogP contribution < -0.4 is 9.16 Å². The normalized spacial score (nSPS) is 20.7. The minimum absolute atomic E-state index is 0.0658. The quantitative estimate of drug-likeness (QED) is 0.252. The monoisotopic (exact) mass is 601 g/mol. The number of aromatic hydroxyl groups is 2. The molecule has 0 radical (unpaired) electrons. The van der Waals surface area contributed by atoms with Crippen LogP contribution in [-0.2, 0) is 4.74 Å². The maximum atomic E-state index is 11.9. The second-order valence-corrected chi connectivity index (χ2v) is 19.1. The number of hydrogen-bond acceptors (Lipinski definition) is 5. The zero-order valence-electron chi connectivity index (χ0n) is 26.7. The standard InChI is InChI=1S/C36H47NO5Si/c1-22(2)43(23(3)4,24(5)6)42-27-15-16-28-29-19-25(21-40-7)31-32(33(29)36(17-11-12-18-36)41-30(28)20-27)35(39)37(34(31)38)26-13-9-8-10-14-26/h8-10,13-16,19-20,22-25,33,38-39H,11-12,17-18,21H2,1-7H3/t25-,33-/m1/s1. The van der Waals surface area contributed by atoms with Gasteiger partial charge in [0.2, 0.25) is 11.8 Å². The number of methoxy groups -OCH3 is 1. The summed E-state index contributed by atoms with van der Waals surface area (Å²) < 4.78 is 21.5. The van der Waals surface area contributed by atoms with Crippen LogP contribution in [0.4, 0.5) is 0 Å². The highest BCUT2D eigenvalue weighted by Gasteiger charge is 2.55. The van der Waals surface area contributed by atoms with E-state index in [1.807, 2.05) is 30.3 Å². The smallest absolute Gasteiger partial charge is 0.258 e. The SMILES string of the molecule is COC[C@H]1C=C2c3ccc(O[Si](C(C)C)(C(C)C)C(C)C)cc3OC3(CCCC3)[C@H]2c2c1c(O)n(-c1ccccc1)c2O. The third-order valence-electron chi connectivity index (χ3n) is 10.5. The fraction of sp³-hybridized carbons (Fsp3) is 0.500. The topological polar surface area (TPSA) is 73.1 Å². The molecular formula is C36H47NO5Si. The van der Waals surface area contributed by atoms with Gasteiger partial charge in [0.05, 0.1) is 18.2 Å². The highest BCUT2D eigenvalue weighted by Crippen LogP contribution is 2.63. The Morgan fingerprint density at radius 3 is 2.14 bits per heavy atom. The largest absolute Gasteiger partial charge is 0.543 e. The van der Waals surface area contributed by atoms with Crippen LogP contribution in [0.25, 0.3) is 11.3 Å². The number of hydrogen-bond donors (Lipinski definition) is 2. The number of fused-ring (bicyclic) bond motifs is 6. The van der Waals surface area contributed by atoms with Crippen molar-refractivity contribution in [2.45, 2.75) is 101 Å². The Morgan fingerprint density at radius 2 is 1.53 bits per heavy atom. The molecule has 230 valence electrons. The summed E-state index contributed by atoms with van der Waals surface area (Å²) in [5.74, 6) is 1.46. The fourth-order valence-corrected chi connectivity index (χ4v) is 14.0. The third-order valence-corrected chi connectivity index (χ3v) is 16.5. The van der Waals surface area contributed by atoms with E-state index in [0.717, 1.165) is 65.1 Å². The molecule has 7 heteroatoms. The Hall–Kier alpha value is -3.16. The second-order valence-electron chi connectivity index (χ2n) is 13.7. The molecule has 2 aromatic carbocycles. The summed E-state index contributed by atoms with van der Waals surface area (Å²) in [4.78, 5) is 0. The lowest BCUT2D eigenvalue weighted by Crippen LogP contribution is -2.50. The van der Waals surface area contributed by atoms with Gasteiger partial charge in [-0.25, -0.2) is 0 Å². The summed E-state index contributed by atoms with van der Waals surface area (Å²) in [6.07, 6.45) is 6.13. The van der Waals surface area contributed by atoms with Gasteiger partial charge in [-0.2, -0.15) is 0 Å². The molecule has 0 amide bonds. The van der Waals surface area contributed by atoms with Crippen LogP contribution in [0.1, 0.15) is 95.8 Å². The van der Waals surface area contributed by atoms with Crippen LogP contribution in [0.2, 0.25) is 16.6 Å². The van der Waals surface area contributed by atoms with Gasteiger partial charge in [-0.15, -0.1) is 0 Å². The zero-order chi connectivity index (χ0) is 30.7. The van der Waals surface area contributed by atoms with Gasteiger partial charge in [-0.05, 0) is 72.1 Å². The molecule has 1 saturated carbocycles. The summed E-state index contributed by atoms with van der Waals surface area (Å²) in [5, 5.41) is 23.6. The first-order valence-corrected chi connectivity index (χ1v) is 18.1. The third kappa shape index (κ3) is 4.53. The Labute approximate surface area is 257 Å². The molecule has 2 atom stereocenters. The van der Waals surface area contributed by atoms with Gasteiger partial charge in [-0.1, -0.05) is 65.8 Å². The minimum Gasteiger partial charge on any atom is -0.543 e. The average molecular weight is 602 g/mol. The number of benzene rings is 2. The van der Waals surface area contributed by atoms with Crippen molar-refractivity contribution >= 4 is 13.9 Å². The molecule has 3 aliphatic rings. The highest BCUT2D eigenvalue weighted by molar-refractivity contribution is 6.78. The molecule has 0 unspecified atom stereocenters. The van der Waals surface area contributed by atoms with Gasteiger partial charge in [0.15, 0.2) is 0 Å². The Balaban J connectivity index is 1.52. The van der Waals surface area contributed by atoms with Crippen molar-refractivity contribution in [3.63, 3.8) is 0 Å². The van der Waals surface area contributed by atoms with Gasteiger partial charge < -0.3 is 24.1 Å². The van der Waals surface area contributed by atoms with Crippen molar-refractivity contribution in [1.29, 1.82) is 0 Å². The summed E-state index contributed by atoms with van der Waals surface area (Å²) in [5.41, 5.74) is 5.27. The zero-order valence-corrected chi connectivity index (χ0v) is 27.7. The van der Waals surface area contributed by atoms with Crippen LogP contribution in [0.5, 0.6) is 23.3 Å². The lowest BCUT2D eigenvalue weighted by Gasteiger charge is -2.47. The van der Waals surface area contributed by atoms with E-state index in [2.05, 4.69) is 65.8 Å². The number of rotatable bonds is 8. The van der Waals surface area contributed by atoms with E-state index >= 15 is 0 Å². The fourth-order valence-electron chi connectivity index (χ4n) is 8.80. The van der Waals surface area contributed by atoms with Gasteiger partial charge >= 0.3 is 0 Å². The number of nitrogens with zero attached hydrogens (tertiary/aromatic N) is 1. The van der Waals surface area contributed by atoms with Crippen LogP contribution >= 0.6 is 0 Å². The number of aromatic nitrogens is 1.